The lowest BCUT2D eigenvalue weighted by atomic mass is 9.98. The zero-order chi connectivity index (χ0) is 16.9. The maximum atomic E-state index is 12.4. The van der Waals surface area contributed by atoms with Gasteiger partial charge in [0.05, 0.1) is 0 Å². The first-order chi connectivity index (χ1) is 11.7. The molecule has 1 aromatic rings. The van der Waals surface area contributed by atoms with E-state index in [9.17, 15) is 9.59 Å². The number of carbonyl (C=O) groups is 2. The first-order valence-corrected chi connectivity index (χ1v) is 9.05. The molecule has 0 aliphatic carbocycles. The molecule has 2 aliphatic rings. The van der Waals surface area contributed by atoms with E-state index in [0.717, 1.165) is 38.0 Å². The maximum absolute atomic E-state index is 12.4. The fourth-order valence-corrected chi connectivity index (χ4v) is 3.77. The highest BCUT2D eigenvalue weighted by Crippen LogP contribution is 2.27. The summed E-state index contributed by atoms with van der Waals surface area (Å²) in [5.74, 6) is 0.812. The van der Waals surface area contributed by atoms with Gasteiger partial charge in [-0.15, -0.1) is 0 Å². The van der Waals surface area contributed by atoms with Gasteiger partial charge >= 0.3 is 0 Å². The highest BCUT2D eigenvalue weighted by Gasteiger charge is 2.25. The van der Waals surface area contributed by atoms with E-state index in [1.54, 1.807) is 0 Å². The van der Waals surface area contributed by atoms with Crippen LogP contribution in [0.15, 0.2) is 24.3 Å². The van der Waals surface area contributed by atoms with Crippen LogP contribution in [-0.2, 0) is 16.0 Å². The van der Waals surface area contributed by atoms with Gasteiger partial charge in [-0.25, -0.2) is 0 Å². The third-order valence-corrected chi connectivity index (χ3v) is 5.17. The second-order valence-corrected chi connectivity index (χ2v) is 6.86. The summed E-state index contributed by atoms with van der Waals surface area (Å²) in [5.41, 5.74) is 7.98. The highest BCUT2D eigenvalue weighted by atomic mass is 16.2. The Bertz CT molecular complexity index is 602. The Balaban J connectivity index is 1.53. The summed E-state index contributed by atoms with van der Waals surface area (Å²) >= 11 is 0. The SMILES string of the molecule is NC[C@@H]1CCCN(C(=O)CCCN2C(=O)CCc3ccccc32)C1. The number of amides is 2. The smallest absolute Gasteiger partial charge is 0.227 e. The minimum absolute atomic E-state index is 0.169. The molecule has 3 rings (SSSR count). The van der Waals surface area contributed by atoms with Gasteiger partial charge in [0.1, 0.15) is 0 Å². The number of rotatable bonds is 5. The predicted octanol–water partition coefficient (Wildman–Crippen LogP) is 1.94. The number of hydrogen-bond acceptors (Lipinski definition) is 3. The van der Waals surface area contributed by atoms with Crippen molar-refractivity contribution in [2.45, 2.75) is 38.5 Å². The molecule has 2 heterocycles. The van der Waals surface area contributed by atoms with E-state index < -0.39 is 0 Å². The number of nitrogens with two attached hydrogens (primary N) is 1. The zero-order valence-corrected chi connectivity index (χ0v) is 14.2. The molecule has 2 N–H and O–H groups in total. The first kappa shape index (κ1) is 17.0. The molecule has 24 heavy (non-hydrogen) atoms. The standard InChI is InChI=1S/C19H27N3O2/c20-13-15-5-3-11-21(14-15)18(23)8-4-12-22-17-7-2-1-6-16(17)9-10-19(22)24/h1-2,6-7,15H,3-5,8-14,20H2/t15-/m0/s1. The molecule has 1 saturated heterocycles. The van der Waals surface area contributed by atoms with E-state index in [4.69, 9.17) is 5.73 Å². The molecule has 0 unspecified atom stereocenters. The van der Waals surface area contributed by atoms with E-state index in [1.165, 1.54) is 5.56 Å². The summed E-state index contributed by atoms with van der Waals surface area (Å²) in [6, 6.07) is 8.07. The number of fused-ring (bicyclic) bond motifs is 1. The lowest BCUT2D eigenvalue weighted by Crippen LogP contribution is -2.42. The number of anilines is 1. The summed E-state index contributed by atoms with van der Waals surface area (Å²) < 4.78 is 0. The molecule has 2 aliphatic heterocycles. The molecule has 0 saturated carbocycles. The van der Waals surface area contributed by atoms with Crippen LogP contribution in [0.4, 0.5) is 5.69 Å². The molecule has 1 aromatic carbocycles. The van der Waals surface area contributed by atoms with E-state index in [2.05, 4.69) is 6.07 Å². The summed E-state index contributed by atoms with van der Waals surface area (Å²) in [6.45, 7) is 2.92. The lowest BCUT2D eigenvalue weighted by molar-refractivity contribution is -0.133. The molecule has 2 amide bonds. The molecule has 0 bridgehead atoms. The fourth-order valence-electron chi connectivity index (χ4n) is 3.77. The largest absolute Gasteiger partial charge is 0.342 e. The minimum atomic E-state index is 0.169. The van der Waals surface area contributed by atoms with Gasteiger partial charge in [-0.2, -0.15) is 0 Å². The van der Waals surface area contributed by atoms with Crippen LogP contribution in [0.5, 0.6) is 0 Å². The molecular weight excluding hydrogens is 302 g/mol. The average Bonchev–Trinajstić information content (AvgIpc) is 2.63. The van der Waals surface area contributed by atoms with Crippen LogP contribution in [0, 0.1) is 5.92 Å². The van der Waals surface area contributed by atoms with Crippen molar-refractivity contribution in [3.05, 3.63) is 29.8 Å². The van der Waals surface area contributed by atoms with Gasteiger partial charge in [-0.05, 0) is 49.8 Å². The second kappa shape index (κ2) is 7.79. The summed E-state index contributed by atoms with van der Waals surface area (Å²) in [6.07, 6.45) is 4.77. The Morgan fingerprint density at radius 3 is 2.92 bits per heavy atom. The van der Waals surface area contributed by atoms with E-state index in [0.29, 0.717) is 38.3 Å². The van der Waals surface area contributed by atoms with Crippen molar-refractivity contribution in [3.63, 3.8) is 0 Å². The number of likely N-dealkylation sites (tertiary alicyclic amines) is 1. The molecule has 1 fully saturated rings. The minimum Gasteiger partial charge on any atom is -0.342 e. The van der Waals surface area contributed by atoms with E-state index in [1.807, 2.05) is 28.0 Å². The summed E-state index contributed by atoms with van der Waals surface area (Å²) in [4.78, 5) is 28.4. The molecule has 130 valence electrons. The second-order valence-electron chi connectivity index (χ2n) is 6.86. The van der Waals surface area contributed by atoms with Crippen molar-refractivity contribution in [1.82, 2.24) is 4.90 Å². The predicted molar refractivity (Wildman–Crippen MR) is 94.7 cm³/mol. The molecule has 5 nitrogen and oxygen atoms in total. The first-order valence-electron chi connectivity index (χ1n) is 9.05. The third-order valence-electron chi connectivity index (χ3n) is 5.17. The van der Waals surface area contributed by atoms with Crippen molar-refractivity contribution >= 4 is 17.5 Å². The van der Waals surface area contributed by atoms with Gasteiger partial charge in [-0.3, -0.25) is 9.59 Å². The molecular formula is C19H27N3O2. The van der Waals surface area contributed by atoms with Crippen LogP contribution >= 0.6 is 0 Å². The Hall–Kier alpha value is -1.88. The number of carbonyl (C=O) groups excluding carboxylic acids is 2. The maximum Gasteiger partial charge on any atom is 0.227 e. The van der Waals surface area contributed by atoms with Gasteiger partial charge in [0.25, 0.3) is 0 Å². The van der Waals surface area contributed by atoms with Crippen molar-refractivity contribution in [1.29, 1.82) is 0 Å². The van der Waals surface area contributed by atoms with Crippen molar-refractivity contribution in [3.8, 4) is 0 Å². The highest BCUT2D eigenvalue weighted by molar-refractivity contribution is 5.96. The van der Waals surface area contributed by atoms with Crippen LogP contribution in [0.2, 0.25) is 0 Å². The van der Waals surface area contributed by atoms with E-state index in [-0.39, 0.29) is 11.8 Å². The Labute approximate surface area is 143 Å². The Morgan fingerprint density at radius 2 is 2.08 bits per heavy atom. The van der Waals surface area contributed by atoms with Crippen molar-refractivity contribution in [2.75, 3.05) is 31.1 Å². The Kier molecular flexibility index (Phi) is 5.51. The number of aryl methyl sites for hydroxylation is 1. The quantitative estimate of drug-likeness (QED) is 0.898. The number of benzene rings is 1. The average molecular weight is 329 g/mol. The van der Waals surface area contributed by atoms with Crippen LogP contribution < -0.4 is 10.6 Å². The summed E-state index contributed by atoms with van der Waals surface area (Å²) in [7, 11) is 0. The molecule has 0 aromatic heterocycles. The van der Waals surface area contributed by atoms with Crippen molar-refractivity contribution in [2.24, 2.45) is 11.7 Å². The topological polar surface area (TPSA) is 66.6 Å². The summed E-state index contributed by atoms with van der Waals surface area (Å²) in [5, 5.41) is 0. The van der Waals surface area contributed by atoms with Crippen LogP contribution in [0.1, 0.15) is 37.7 Å². The number of nitrogens with zero attached hydrogens (tertiary/aromatic N) is 2. The number of piperidine rings is 1. The van der Waals surface area contributed by atoms with Crippen LogP contribution in [-0.4, -0.2) is 42.9 Å². The fraction of sp³-hybridized carbons (Fsp3) is 0.579. The van der Waals surface area contributed by atoms with Gasteiger partial charge in [-0.1, -0.05) is 18.2 Å². The van der Waals surface area contributed by atoms with Gasteiger partial charge in [0.2, 0.25) is 11.8 Å². The molecule has 0 radical (unpaired) electrons. The number of hydrogen-bond donors (Lipinski definition) is 1. The molecule has 1 atom stereocenters. The normalized spacial score (nSPS) is 20.9. The molecule has 0 spiro atoms. The zero-order valence-electron chi connectivity index (χ0n) is 14.2. The van der Waals surface area contributed by atoms with Crippen LogP contribution in [0.25, 0.3) is 0 Å². The van der Waals surface area contributed by atoms with Crippen molar-refractivity contribution < 1.29 is 9.59 Å². The van der Waals surface area contributed by atoms with Gasteiger partial charge in [0, 0.05) is 38.2 Å². The molecule has 5 heteroatoms. The number of para-hydroxylation sites is 1. The lowest BCUT2D eigenvalue weighted by Gasteiger charge is -2.33. The third kappa shape index (κ3) is 3.78. The van der Waals surface area contributed by atoms with E-state index >= 15 is 0 Å². The Morgan fingerprint density at radius 1 is 1.25 bits per heavy atom. The van der Waals surface area contributed by atoms with Crippen LogP contribution in [0.3, 0.4) is 0 Å². The van der Waals surface area contributed by atoms with Gasteiger partial charge in [0.15, 0.2) is 0 Å². The monoisotopic (exact) mass is 329 g/mol. The van der Waals surface area contributed by atoms with Gasteiger partial charge < -0.3 is 15.5 Å².